The average Bonchev–Trinajstić information content (AvgIpc) is 2.53. The molecule has 0 bridgehead atoms. The summed E-state index contributed by atoms with van der Waals surface area (Å²) in [6, 6.07) is 16.9. The van der Waals surface area contributed by atoms with Crippen LogP contribution in [0.5, 0.6) is 17.2 Å². The van der Waals surface area contributed by atoms with E-state index in [9.17, 15) is 4.79 Å². The summed E-state index contributed by atoms with van der Waals surface area (Å²) in [6.07, 6.45) is 0.833. The highest BCUT2D eigenvalue weighted by molar-refractivity contribution is 5.82. The van der Waals surface area contributed by atoms with E-state index >= 15 is 0 Å². The van der Waals surface area contributed by atoms with Crippen LogP contribution in [0.15, 0.2) is 54.6 Å². The van der Waals surface area contributed by atoms with Crippen LogP contribution < -0.4 is 9.47 Å². The molecular weight excluding hydrogens is 264 g/mol. The molecule has 0 aliphatic heterocycles. The highest BCUT2D eigenvalue weighted by Gasteiger charge is 2.11. The van der Waals surface area contributed by atoms with Crippen LogP contribution in [-0.4, -0.2) is 12.4 Å². The molecule has 1 atom stereocenters. The highest BCUT2D eigenvalue weighted by Crippen LogP contribution is 2.25. The van der Waals surface area contributed by atoms with E-state index in [0.29, 0.717) is 11.5 Å². The molecule has 3 nitrogen and oxygen atoms in total. The first-order chi connectivity index (χ1) is 10.2. The largest absolute Gasteiger partial charge is 0.486 e. The van der Waals surface area contributed by atoms with Gasteiger partial charge in [0.1, 0.15) is 23.9 Å². The van der Waals surface area contributed by atoms with Crippen molar-refractivity contribution in [1.82, 2.24) is 0 Å². The number of rotatable bonds is 7. The van der Waals surface area contributed by atoms with E-state index in [2.05, 4.69) is 0 Å². The van der Waals surface area contributed by atoms with Gasteiger partial charge < -0.3 is 9.47 Å². The second kappa shape index (κ2) is 7.48. The fourth-order valence-electron chi connectivity index (χ4n) is 1.78. The topological polar surface area (TPSA) is 35.5 Å². The van der Waals surface area contributed by atoms with Crippen molar-refractivity contribution < 1.29 is 14.3 Å². The molecule has 2 aromatic carbocycles. The molecule has 1 unspecified atom stereocenters. The molecule has 0 saturated carbocycles. The summed E-state index contributed by atoms with van der Waals surface area (Å²) >= 11 is 0. The van der Waals surface area contributed by atoms with Crippen LogP contribution in [0, 0.1) is 5.92 Å². The normalized spacial score (nSPS) is 11.7. The third-order valence-electron chi connectivity index (χ3n) is 3.33. The molecule has 0 N–H and O–H groups in total. The summed E-state index contributed by atoms with van der Waals surface area (Å²) in [6.45, 7) is 4.02. The van der Waals surface area contributed by atoms with Gasteiger partial charge in [-0.05, 0) is 30.7 Å². The molecule has 0 amide bonds. The van der Waals surface area contributed by atoms with Crippen LogP contribution in [0.2, 0.25) is 0 Å². The second-order valence-electron chi connectivity index (χ2n) is 4.95. The molecule has 0 aromatic heterocycles. The first-order valence-corrected chi connectivity index (χ1v) is 7.17. The molecular formula is C18H20O3. The predicted octanol–water partition coefficient (Wildman–Crippen LogP) is 4.47. The van der Waals surface area contributed by atoms with Gasteiger partial charge in [-0.2, -0.15) is 0 Å². The number of Topliss-reactive ketones (excluding diaryl/α,β-unsaturated/α-hetero) is 1. The minimum Gasteiger partial charge on any atom is -0.486 e. The summed E-state index contributed by atoms with van der Waals surface area (Å²) in [5.41, 5.74) is 0. The molecule has 2 rings (SSSR count). The Morgan fingerprint density at radius 3 is 2.38 bits per heavy atom. The molecule has 3 heteroatoms. The number of hydrogen-bond acceptors (Lipinski definition) is 3. The van der Waals surface area contributed by atoms with Crippen molar-refractivity contribution in [3.63, 3.8) is 0 Å². The maximum absolute atomic E-state index is 11.8. The quantitative estimate of drug-likeness (QED) is 0.752. The van der Waals surface area contributed by atoms with Gasteiger partial charge in [0, 0.05) is 12.0 Å². The summed E-state index contributed by atoms with van der Waals surface area (Å²) in [5, 5.41) is 0. The molecule has 0 fully saturated rings. The lowest BCUT2D eigenvalue weighted by atomic mass is 10.1. The van der Waals surface area contributed by atoms with Gasteiger partial charge in [-0.1, -0.05) is 38.1 Å². The zero-order valence-electron chi connectivity index (χ0n) is 12.4. The van der Waals surface area contributed by atoms with Crippen molar-refractivity contribution in [3.8, 4) is 17.2 Å². The standard InChI is InChI=1S/C18H20O3/c1-3-14(2)18(19)13-20-16-10-7-11-17(12-16)21-15-8-5-4-6-9-15/h4-12,14H,3,13H2,1-2H3. The molecule has 0 saturated heterocycles. The van der Waals surface area contributed by atoms with Gasteiger partial charge in [0.15, 0.2) is 5.78 Å². The Morgan fingerprint density at radius 2 is 1.67 bits per heavy atom. The Labute approximate surface area is 125 Å². The number of carbonyl (C=O) groups excluding carboxylic acids is 1. The highest BCUT2D eigenvalue weighted by atomic mass is 16.5. The fraction of sp³-hybridized carbons (Fsp3) is 0.278. The Kier molecular flexibility index (Phi) is 5.38. The van der Waals surface area contributed by atoms with Crippen molar-refractivity contribution in [2.45, 2.75) is 20.3 Å². The number of carbonyl (C=O) groups is 1. The van der Waals surface area contributed by atoms with Crippen LogP contribution in [0.3, 0.4) is 0 Å². The van der Waals surface area contributed by atoms with E-state index in [1.165, 1.54) is 0 Å². The van der Waals surface area contributed by atoms with Crippen molar-refractivity contribution in [2.75, 3.05) is 6.61 Å². The minimum absolute atomic E-state index is 0.0359. The minimum atomic E-state index is 0.0359. The molecule has 0 aliphatic rings. The van der Waals surface area contributed by atoms with Crippen molar-refractivity contribution in [3.05, 3.63) is 54.6 Å². The van der Waals surface area contributed by atoms with Gasteiger partial charge in [0.25, 0.3) is 0 Å². The summed E-state index contributed by atoms with van der Waals surface area (Å²) in [4.78, 5) is 11.8. The summed E-state index contributed by atoms with van der Waals surface area (Å²) in [7, 11) is 0. The van der Waals surface area contributed by atoms with Crippen LogP contribution in [-0.2, 0) is 4.79 Å². The van der Waals surface area contributed by atoms with Gasteiger partial charge >= 0.3 is 0 Å². The van der Waals surface area contributed by atoms with Crippen molar-refractivity contribution in [1.29, 1.82) is 0 Å². The Balaban J connectivity index is 1.96. The Hall–Kier alpha value is -2.29. The van der Waals surface area contributed by atoms with E-state index in [4.69, 9.17) is 9.47 Å². The predicted molar refractivity (Wildman–Crippen MR) is 82.9 cm³/mol. The lowest BCUT2D eigenvalue weighted by Gasteiger charge is -2.11. The second-order valence-corrected chi connectivity index (χ2v) is 4.95. The molecule has 110 valence electrons. The van der Waals surface area contributed by atoms with E-state index in [1.54, 1.807) is 6.07 Å². The van der Waals surface area contributed by atoms with Gasteiger partial charge in [0.2, 0.25) is 0 Å². The SMILES string of the molecule is CCC(C)C(=O)COc1cccc(Oc2ccccc2)c1. The van der Waals surface area contributed by atoms with E-state index in [1.807, 2.05) is 62.4 Å². The lowest BCUT2D eigenvalue weighted by molar-refractivity contribution is -0.124. The molecule has 0 spiro atoms. The molecule has 2 aromatic rings. The molecule has 0 heterocycles. The monoisotopic (exact) mass is 284 g/mol. The maximum Gasteiger partial charge on any atom is 0.172 e. The van der Waals surface area contributed by atoms with Gasteiger partial charge in [-0.3, -0.25) is 4.79 Å². The fourth-order valence-corrected chi connectivity index (χ4v) is 1.78. The van der Waals surface area contributed by atoms with Gasteiger partial charge in [0.05, 0.1) is 0 Å². The summed E-state index contributed by atoms with van der Waals surface area (Å²) in [5.74, 6) is 2.25. The average molecular weight is 284 g/mol. The number of hydrogen-bond donors (Lipinski definition) is 0. The number of para-hydroxylation sites is 1. The van der Waals surface area contributed by atoms with E-state index in [-0.39, 0.29) is 18.3 Å². The first kappa shape index (κ1) is 15.1. The maximum atomic E-state index is 11.8. The zero-order valence-corrected chi connectivity index (χ0v) is 12.4. The van der Waals surface area contributed by atoms with E-state index in [0.717, 1.165) is 12.2 Å². The Bertz CT molecular complexity index is 578. The molecule has 21 heavy (non-hydrogen) atoms. The lowest BCUT2D eigenvalue weighted by Crippen LogP contribution is -2.18. The van der Waals surface area contributed by atoms with Crippen LogP contribution in [0.4, 0.5) is 0 Å². The van der Waals surface area contributed by atoms with Crippen molar-refractivity contribution in [2.24, 2.45) is 5.92 Å². The van der Waals surface area contributed by atoms with Gasteiger partial charge in [-0.25, -0.2) is 0 Å². The number of ether oxygens (including phenoxy) is 2. The van der Waals surface area contributed by atoms with Crippen LogP contribution in [0.1, 0.15) is 20.3 Å². The smallest absolute Gasteiger partial charge is 0.172 e. The van der Waals surface area contributed by atoms with Crippen LogP contribution in [0.25, 0.3) is 0 Å². The zero-order chi connectivity index (χ0) is 15.1. The molecule has 0 radical (unpaired) electrons. The van der Waals surface area contributed by atoms with Gasteiger partial charge in [-0.15, -0.1) is 0 Å². The number of ketones is 1. The number of benzene rings is 2. The summed E-state index contributed by atoms with van der Waals surface area (Å²) < 4.78 is 11.3. The third kappa shape index (κ3) is 4.63. The van der Waals surface area contributed by atoms with Crippen molar-refractivity contribution >= 4 is 5.78 Å². The third-order valence-corrected chi connectivity index (χ3v) is 3.33. The molecule has 0 aliphatic carbocycles. The van der Waals surface area contributed by atoms with Crippen LogP contribution >= 0.6 is 0 Å². The van der Waals surface area contributed by atoms with E-state index < -0.39 is 0 Å². The first-order valence-electron chi connectivity index (χ1n) is 7.17. The Morgan fingerprint density at radius 1 is 1.00 bits per heavy atom.